The van der Waals surface area contributed by atoms with E-state index in [2.05, 4.69) is 0 Å². The second kappa shape index (κ2) is 5.66. The number of nitrogens with zero attached hydrogens (tertiary/aromatic N) is 1. The van der Waals surface area contributed by atoms with E-state index in [1.54, 1.807) is 27.7 Å². The standard InChI is InChI=1S/C15H25NO4/c1-8-14(4,5)19-20-15(6,7)9-16-12(17)10(2)11(3)13(16)18/h8-9H2,1-7H3. The van der Waals surface area contributed by atoms with E-state index in [0.29, 0.717) is 11.1 Å². The SMILES string of the molecule is CCC(C)(C)OOC(C)(C)CN1C(=O)C(C)=C(C)C1=O. The molecule has 0 saturated heterocycles. The summed E-state index contributed by atoms with van der Waals surface area (Å²) in [4.78, 5) is 36.1. The number of imide groups is 1. The molecule has 0 bridgehead atoms. The summed E-state index contributed by atoms with van der Waals surface area (Å²) in [6.07, 6.45) is 0.796. The predicted octanol–water partition coefficient (Wildman–Crippen LogP) is 2.61. The van der Waals surface area contributed by atoms with Crippen LogP contribution < -0.4 is 0 Å². The Labute approximate surface area is 120 Å². The van der Waals surface area contributed by atoms with Gasteiger partial charge in [0.1, 0.15) is 5.60 Å². The van der Waals surface area contributed by atoms with Gasteiger partial charge in [0, 0.05) is 11.1 Å². The molecular formula is C15H25NO4. The maximum absolute atomic E-state index is 12.0. The molecule has 0 unspecified atom stereocenters. The van der Waals surface area contributed by atoms with Gasteiger partial charge in [0.05, 0.1) is 12.1 Å². The van der Waals surface area contributed by atoms with Crippen molar-refractivity contribution in [1.29, 1.82) is 0 Å². The summed E-state index contributed by atoms with van der Waals surface area (Å²) in [6, 6.07) is 0. The average Bonchev–Trinajstić information content (AvgIpc) is 2.55. The highest BCUT2D eigenvalue weighted by atomic mass is 17.2. The van der Waals surface area contributed by atoms with Crippen molar-refractivity contribution in [2.24, 2.45) is 0 Å². The van der Waals surface area contributed by atoms with Gasteiger partial charge in [-0.2, -0.15) is 0 Å². The first-order valence-corrected chi connectivity index (χ1v) is 6.91. The van der Waals surface area contributed by atoms with Gasteiger partial charge in [0.25, 0.3) is 11.8 Å². The van der Waals surface area contributed by atoms with Gasteiger partial charge in [-0.3, -0.25) is 14.5 Å². The van der Waals surface area contributed by atoms with E-state index < -0.39 is 11.2 Å². The number of hydrogen-bond acceptors (Lipinski definition) is 4. The molecule has 1 rings (SSSR count). The van der Waals surface area contributed by atoms with Crippen molar-refractivity contribution < 1.29 is 19.4 Å². The molecule has 1 aliphatic heterocycles. The molecule has 0 aromatic rings. The Morgan fingerprint density at radius 3 is 1.70 bits per heavy atom. The Hall–Kier alpha value is -1.20. The van der Waals surface area contributed by atoms with Crippen LogP contribution in [0.25, 0.3) is 0 Å². The maximum Gasteiger partial charge on any atom is 0.256 e. The third-order valence-corrected chi connectivity index (χ3v) is 3.58. The van der Waals surface area contributed by atoms with Crippen LogP contribution in [-0.4, -0.2) is 34.5 Å². The maximum atomic E-state index is 12.0. The normalized spacial score (nSPS) is 17.4. The van der Waals surface area contributed by atoms with Gasteiger partial charge in [-0.05, 0) is 48.0 Å². The third kappa shape index (κ3) is 3.67. The van der Waals surface area contributed by atoms with Gasteiger partial charge >= 0.3 is 0 Å². The van der Waals surface area contributed by atoms with Crippen molar-refractivity contribution in [3.63, 3.8) is 0 Å². The Bertz CT molecular complexity index is 425. The molecule has 0 aromatic heterocycles. The van der Waals surface area contributed by atoms with Crippen LogP contribution in [0.1, 0.15) is 54.9 Å². The summed E-state index contributed by atoms with van der Waals surface area (Å²) < 4.78 is 0. The molecule has 0 aromatic carbocycles. The Balaban J connectivity index is 2.69. The van der Waals surface area contributed by atoms with Crippen LogP contribution in [0.15, 0.2) is 11.1 Å². The van der Waals surface area contributed by atoms with Crippen LogP contribution in [0, 0.1) is 0 Å². The molecule has 0 aliphatic carbocycles. The van der Waals surface area contributed by atoms with Crippen LogP contribution in [0.3, 0.4) is 0 Å². The molecule has 0 radical (unpaired) electrons. The van der Waals surface area contributed by atoms with Gasteiger partial charge in [-0.25, -0.2) is 9.78 Å². The summed E-state index contributed by atoms with van der Waals surface area (Å²) >= 11 is 0. The van der Waals surface area contributed by atoms with Crippen molar-refractivity contribution in [2.75, 3.05) is 6.54 Å². The Morgan fingerprint density at radius 2 is 1.30 bits per heavy atom. The summed E-state index contributed by atoms with van der Waals surface area (Å²) in [5.74, 6) is -0.502. The van der Waals surface area contributed by atoms with E-state index in [9.17, 15) is 9.59 Å². The van der Waals surface area contributed by atoms with Gasteiger partial charge in [0.2, 0.25) is 0 Å². The molecule has 5 heteroatoms. The molecular weight excluding hydrogens is 258 g/mol. The second-order valence-electron chi connectivity index (χ2n) is 6.49. The lowest BCUT2D eigenvalue weighted by molar-refractivity contribution is -0.401. The lowest BCUT2D eigenvalue weighted by Crippen LogP contribution is -2.45. The fraction of sp³-hybridized carbons (Fsp3) is 0.733. The molecule has 0 saturated carbocycles. The van der Waals surface area contributed by atoms with Crippen molar-refractivity contribution in [2.45, 2.75) is 66.1 Å². The number of carbonyl (C=O) groups excluding carboxylic acids is 2. The minimum atomic E-state index is -0.761. The van der Waals surface area contributed by atoms with Crippen molar-refractivity contribution >= 4 is 11.8 Å². The highest BCUT2D eigenvalue weighted by molar-refractivity contribution is 6.18. The Kier molecular flexibility index (Phi) is 4.77. The van der Waals surface area contributed by atoms with Crippen molar-refractivity contribution in [3.05, 3.63) is 11.1 Å². The van der Waals surface area contributed by atoms with Gasteiger partial charge in [0.15, 0.2) is 0 Å². The van der Waals surface area contributed by atoms with Crippen LogP contribution in [0.4, 0.5) is 0 Å². The molecule has 5 nitrogen and oxygen atoms in total. The van der Waals surface area contributed by atoms with E-state index in [1.807, 2.05) is 20.8 Å². The van der Waals surface area contributed by atoms with E-state index in [-0.39, 0.29) is 18.4 Å². The zero-order valence-corrected chi connectivity index (χ0v) is 13.5. The third-order valence-electron chi connectivity index (χ3n) is 3.58. The second-order valence-corrected chi connectivity index (χ2v) is 6.49. The summed E-state index contributed by atoms with van der Waals surface area (Å²) in [7, 11) is 0. The fourth-order valence-corrected chi connectivity index (χ4v) is 1.65. The summed E-state index contributed by atoms with van der Waals surface area (Å²) in [5.41, 5.74) is -0.163. The molecule has 1 aliphatic rings. The molecule has 114 valence electrons. The number of rotatable bonds is 6. The lowest BCUT2D eigenvalue weighted by atomic mass is 10.1. The van der Waals surface area contributed by atoms with Crippen LogP contribution in [0.5, 0.6) is 0 Å². The topological polar surface area (TPSA) is 55.8 Å². The fourth-order valence-electron chi connectivity index (χ4n) is 1.65. The number of carbonyl (C=O) groups is 2. The lowest BCUT2D eigenvalue weighted by Gasteiger charge is -2.32. The molecule has 2 amide bonds. The molecule has 0 spiro atoms. The molecule has 20 heavy (non-hydrogen) atoms. The van der Waals surface area contributed by atoms with E-state index in [4.69, 9.17) is 9.78 Å². The predicted molar refractivity (Wildman–Crippen MR) is 75.7 cm³/mol. The largest absolute Gasteiger partial charge is 0.272 e. The zero-order valence-electron chi connectivity index (χ0n) is 13.5. The van der Waals surface area contributed by atoms with Gasteiger partial charge in [-0.1, -0.05) is 6.92 Å². The smallest absolute Gasteiger partial charge is 0.256 e. The molecule has 0 N–H and O–H groups in total. The highest BCUT2D eigenvalue weighted by Crippen LogP contribution is 2.25. The molecule has 0 fully saturated rings. The van der Waals surface area contributed by atoms with E-state index in [0.717, 1.165) is 6.42 Å². The van der Waals surface area contributed by atoms with Crippen molar-refractivity contribution in [3.8, 4) is 0 Å². The quantitative estimate of drug-likeness (QED) is 0.427. The van der Waals surface area contributed by atoms with Crippen LogP contribution >= 0.6 is 0 Å². The van der Waals surface area contributed by atoms with Crippen LogP contribution in [-0.2, 0) is 19.4 Å². The molecule has 1 heterocycles. The van der Waals surface area contributed by atoms with E-state index in [1.165, 1.54) is 4.90 Å². The molecule has 0 atom stereocenters. The Morgan fingerprint density at radius 1 is 0.900 bits per heavy atom. The zero-order chi connectivity index (χ0) is 15.7. The minimum absolute atomic E-state index is 0.166. The van der Waals surface area contributed by atoms with Gasteiger partial charge in [-0.15, -0.1) is 0 Å². The summed E-state index contributed by atoms with van der Waals surface area (Å²) in [6.45, 7) is 12.9. The average molecular weight is 283 g/mol. The van der Waals surface area contributed by atoms with Gasteiger partial charge < -0.3 is 0 Å². The minimum Gasteiger partial charge on any atom is -0.272 e. The monoisotopic (exact) mass is 283 g/mol. The highest BCUT2D eigenvalue weighted by Gasteiger charge is 2.38. The van der Waals surface area contributed by atoms with Crippen LogP contribution in [0.2, 0.25) is 0 Å². The number of amides is 2. The van der Waals surface area contributed by atoms with E-state index >= 15 is 0 Å². The first kappa shape index (κ1) is 16.9. The summed E-state index contributed by atoms with van der Waals surface area (Å²) in [5, 5.41) is 0. The van der Waals surface area contributed by atoms with Crippen molar-refractivity contribution in [1.82, 2.24) is 4.90 Å². The number of hydrogen-bond donors (Lipinski definition) is 0. The first-order chi connectivity index (χ1) is 9.01. The first-order valence-electron chi connectivity index (χ1n) is 6.91.